The molecule has 6 nitrogen and oxygen atoms in total. The van der Waals surface area contributed by atoms with Gasteiger partial charge in [-0.05, 0) is 50.1 Å². The molecule has 0 radical (unpaired) electrons. The Labute approximate surface area is 179 Å². The molecule has 1 heterocycles. The number of nitrogens with zero attached hydrogens (tertiary/aromatic N) is 2. The van der Waals surface area contributed by atoms with Crippen LogP contribution in [-0.2, 0) is 15.1 Å². The third kappa shape index (κ3) is 3.82. The monoisotopic (exact) mass is 433 g/mol. The SMILES string of the molecule is CCN(C(=O)CN1C(=O)NC(C)(c2ccc(Cl)c(Cl)c2)C1=O)c1ccccc1C. The second-order valence-corrected chi connectivity index (χ2v) is 7.81. The van der Waals surface area contributed by atoms with Gasteiger partial charge in [0.1, 0.15) is 12.1 Å². The number of likely N-dealkylation sites (N-methyl/N-ethyl adjacent to an activating group) is 1. The molecule has 0 saturated carbocycles. The number of hydrogen-bond acceptors (Lipinski definition) is 3. The summed E-state index contributed by atoms with van der Waals surface area (Å²) in [5, 5.41) is 3.29. The quantitative estimate of drug-likeness (QED) is 0.720. The predicted octanol–water partition coefficient (Wildman–Crippen LogP) is 4.12. The Morgan fingerprint density at radius 1 is 1.14 bits per heavy atom. The van der Waals surface area contributed by atoms with Crippen LogP contribution in [0.5, 0.6) is 0 Å². The lowest BCUT2D eigenvalue weighted by Crippen LogP contribution is -2.44. The number of hydrogen-bond donors (Lipinski definition) is 1. The molecule has 152 valence electrons. The Morgan fingerprint density at radius 2 is 1.83 bits per heavy atom. The van der Waals surface area contributed by atoms with Gasteiger partial charge < -0.3 is 10.2 Å². The average molecular weight is 434 g/mol. The average Bonchev–Trinajstić information content (AvgIpc) is 2.90. The third-order valence-corrected chi connectivity index (χ3v) is 5.83. The third-order valence-electron chi connectivity index (χ3n) is 5.09. The van der Waals surface area contributed by atoms with Crippen LogP contribution in [0.4, 0.5) is 10.5 Å². The van der Waals surface area contributed by atoms with Crippen LogP contribution in [0.25, 0.3) is 0 Å². The Bertz CT molecular complexity index is 995. The van der Waals surface area contributed by atoms with Gasteiger partial charge in [-0.15, -0.1) is 0 Å². The first kappa shape index (κ1) is 21.1. The van der Waals surface area contributed by atoms with E-state index in [1.165, 1.54) is 0 Å². The van der Waals surface area contributed by atoms with Crippen molar-refractivity contribution in [1.82, 2.24) is 10.2 Å². The summed E-state index contributed by atoms with van der Waals surface area (Å²) in [6.45, 7) is 5.38. The minimum atomic E-state index is -1.33. The van der Waals surface area contributed by atoms with Gasteiger partial charge in [0.05, 0.1) is 10.0 Å². The van der Waals surface area contributed by atoms with Crippen LogP contribution >= 0.6 is 23.2 Å². The summed E-state index contributed by atoms with van der Waals surface area (Å²) in [5.41, 5.74) is 0.844. The Hall–Kier alpha value is -2.57. The van der Waals surface area contributed by atoms with E-state index in [0.29, 0.717) is 17.1 Å². The highest BCUT2D eigenvalue weighted by molar-refractivity contribution is 6.42. The van der Waals surface area contributed by atoms with Gasteiger partial charge >= 0.3 is 6.03 Å². The van der Waals surface area contributed by atoms with Crippen LogP contribution in [0.1, 0.15) is 25.0 Å². The zero-order chi connectivity index (χ0) is 21.3. The Morgan fingerprint density at radius 3 is 2.45 bits per heavy atom. The molecule has 8 heteroatoms. The van der Waals surface area contributed by atoms with Gasteiger partial charge in [-0.25, -0.2) is 4.79 Å². The number of amides is 4. The lowest BCUT2D eigenvalue weighted by Gasteiger charge is -2.25. The van der Waals surface area contributed by atoms with Crippen LogP contribution in [0.15, 0.2) is 42.5 Å². The van der Waals surface area contributed by atoms with E-state index >= 15 is 0 Å². The van der Waals surface area contributed by atoms with Crippen molar-refractivity contribution in [2.45, 2.75) is 26.3 Å². The number of carbonyl (C=O) groups excluding carboxylic acids is 3. The molecule has 0 spiro atoms. The van der Waals surface area contributed by atoms with Crippen molar-refractivity contribution >= 4 is 46.7 Å². The number of anilines is 1. The fourth-order valence-electron chi connectivity index (χ4n) is 3.41. The topological polar surface area (TPSA) is 69.7 Å². The normalized spacial score (nSPS) is 18.7. The summed E-state index contributed by atoms with van der Waals surface area (Å²) in [4.78, 5) is 41.0. The second-order valence-electron chi connectivity index (χ2n) is 7.00. The van der Waals surface area contributed by atoms with Gasteiger partial charge in [0.15, 0.2) is 0 Å². The smallest absolute Gasteiger partial charge is 0.319 e. The van der Waals surface area contributed by atoms with Crippen molar-refractivity contribution in [3.63, 3.8) is 0 Å². The standard InChI is InChI=1S/C21H21Cl2N3O3/c1-4-25(17-8-6-5-7-13(17)2)18(27)12-26-19(28)21(3,24-20(26)29)14-9-10-15(22)16(23)11-14/h5-11H,4,12H2,1-3H3,(H,24,29). The van der Waals surface area contributed by atoms with Crippen molar-refractivity contribution in [2.24, 2.45) is 0 Å². The summed E-state index contributed by atoms with van der Waals surface area (Å²) in [6, 6.07) is 11.6. The number of benzene rings is 2. The maximum atomic E-state index is 13.1. The number of para-hydroxylation sites is 1. The molecule has 4 amide bonds. The van der Waals surface area contributed by atoms with Gasteiger partial charge in [-0.1, -0.05) is 47.5 Å². The molecule has 0 bridgehead atoms. The van der Waals surface area contributed by atoms with Crippen molar-refractivity contribution in [3.8, 4) is 0 Å². The molecule has 1 saturated heterocycles. The zero-order valence-electron chi connectivity index (χ0n) is 16.3. The second kappa shape index (κ2) is 8.05. The Balaban J connectivity index is 1.85. The number of rotatable bonds is 5. The minimum absolute atomic E-state index is 0.277. The number of carbonyl (C=O) groups is 3. The maximum absolute atomic E-state index is 13.1. The number of imide groups is 1. The maximum Gasteiger partial charge on any atom is 0.325 e. The van der Waals surface area contributed by atoms with Gasteiger partial charge in [-0.2, -0.15) is 0 Å². The molecule has 0 aliphatic carbocycles. The summed E-state index contributed by atoms with van der Waals surface area (Å²) in [7, 11) is 0. The molecular formula is C21H21Cl2N3O3. The van der Waals surface area contributed by atoms with E-state index in [1.54, 1.807) is 30.0 Å². The summed E-state index contributed by atoms with van der Waals surface area (Å²) in [5.74, 6) is -0.862. The van der Waals surface area contributed by atoms with Crippen molar-refractivity contribution in [1.29, 1.82) is 0 Å². The molecule has 29 heavy (non-hydrogen) atoms. The molecule has 2 aromatic rings. The van der Waals surface area contributed by atoms with Crippen LogP contribution in [0.3, 0.4) is 0 Å². The zero-order valence-corrected chi connectivity index (χ0v) is 17.8. The van der Waals surface area contributed by atoms with Crippen molar-refractivity contribution in [3.05, 3.63) is 63.6 Å². The number of halogens is 2. The predicted molar refractivity (Wildman–Crippen MR) is 113 cm³/mol. The molecule has 0 aromatic heterocycles. The van der Waals surface area contributed by atoms with E-state index in [9.17, 15) is 14.4 Å². The van der Waals surface area contributed by atoms with Crippen LogP contribution < -0.4 is 10.2 Å². The molecule has 1 aliphatic rings. The van der Waals surface area contributed by atoms with Gasteiger partial charge in [0.2, 0.25) is 5.91 Å². The largest absolute Gasteiger partial charge is 0.325 e. The number of nitrogens with one attached hydrogen (secondary N) is 1. The van der Waals surface area contributed by atoms with Crippen LogP contribution in [-0.4, -0.2) is 35.8 Å². The molecule has 1 unspecified atom stereocenters. The van der Waals surface area contributed by atoms with Gasteiger partial charge in [-0.3, -0.25) is 14.5 Å². The lowest BCUT2D eigenvalue weighted by molar-refractivity contribution is -0.134. The van der Waals surface area contributed by atoms with E-state index < -0.39 is 17.5 Å². The van der Waals surface area contributed by atoms with Crippen molar-refractivity contribution < 1.29 is 14.4 Å². The van der Waals surface area contributed by atoms with Crippen LogP contribution in [0.2, 0.25) is 10.0 Å². The number of aryl methyl sites for hydroxylation is 1. The fourth-order valence-corrected chi connectivity index (χ4v) is 3.71. The van der Waals surface area contributed by atoms with E-state index in [4.69, 9.17) is 23.2 Å². The molecule has 1 fully saturated rings. The van der Waals surface area contributed by atoms with E-state index in [2.05, 4.69) is 5.32 Å². The minimum Gasteiger partial charge on any atom is -0.319 e. The summed E-state index contributed by atoms with van der Waals surface area (Å²) < 4.78 is 0. The summed E-state index contributed by atoms with van der Waals surface area (Å²) >= 11 is 12.0. The Kier molecular flexibility index (Phi) is 5.87. The van der Waals surface area contributed by atoms with E-state index in [0.717, 1.165) is 16.2 Å². The molecule has 3 rings (SSSR count). The lowest BCUT2D eigenvalue weighted by atomic mass is 9.92. The first-order chi connectivity index (χ1) is 13.7. The highest BCUT2D eigenvalue weighted by Gasteiger charge is 2.49. The molecule has 1 atom stereocenters. The van der Waals surface area contributed by atoms with Crippen LogP contribution in [0, 0.1) is 6.92 Å². The van der Waals surface area contributed by atoms with E-state index in [1.807, 2.05) is 38.1 Å². The first-order valence-electron chi connectivity index (χ1n) is 9.14. The number of urea groups is 1. The highest BCUT2D eigenvalue weighted by Crippen LogP contribution is 2.33. The van der Waals surface area contributed by atoms with Gasteiger partial charge in [0, 0.05) is 12.2 Å². The summed E-state index contributed by atoms with van der Waals surface area (Å²) in [6.07, 6.45) is 0. The molecule has 1 aliphatic heterocycles. The fraction of sp³-hybridized carbons (Fsp3) is 0.286. The van der Waals surface area contributed by atoms with Gasteiger partial charge in [0.25, 0.3) is 5.91 Å². The molecular weight excluding hydrogens is 413 g/mol. The van der Waals surface area contributed by atoms with Crippen molar-refractivity contribution in [2.75, 3.05) is 18.0 Å². The molecule has 1 N–H and O–H groups in total. The van der Waals surface area contributed by atoms with E-state index in [-0.39, 0.29) is 17.5 Å². The first-order valence-corrected chi connectivity index (χ1v) is 9.90. The molecule has 2 aromatic carbocycles. The highest BCUT2D eigenvalue weighted by atomic mass is 35.5.